The molecule has 1 aliphatic carbocycles. The SMILES string of the molecule is CC1CC12C(=O)N(c1ccc(OC(F)(F)F)cc1)C(=O)N2c1ccnc(OCc2ccccc2)c1. The van der Waals surface area contributed by atoms with Gasteiger partial charge in [-0.15, -0.1) is 13.2 Å². The summed E-state index contributed by atoms with van der Waals surface area (Å²) < 4.78 is 47.1. The Labute approximate surface area is 198 Å². The number of aromatic nitrogens is 1. The molecule has 2 atom stereocenters. The lowest BCUT2D eigenvalue weighted by Crippen LogP contribution is -2.38. The molecule has 1 spiro atoms. The molecule has 35 heavy (non-hydrogen) atoms. The summed E-state index contributed by atoms with van der Waals surface area (Å²) in [5.74, 6) is -0.676. The van der Waals surface area contributed by atoms with Gasteiger partial charge in [-0.2, -0.15) is 0 Å². The van der Waals surface area contributed by atoms with E-state index in [4.69, 9.17) is 4.74 Å². The van der Waals surface area contributed by atoms with Gasteiger partial charge in [-0.3, -0.25) is 9.69 Å². The molecular formula is C25H20F3N3O4. The minimum Gasteiger partial charge on any atom is -0.473 e. The highest BCUT2D eigenvalue weighted by molar-refractivity contribution is 6.31. The number of carbonyl (C=O) groups excluding carboxylic acids is 2. The van der Waals surface area contributed by atoms with Crippen molar-refractivity contribution in [1.29, 1.82) is 0 Å². The first-order chi connectivity index (χ1) is 16.7. The fourth-order valence-electron chi connectivity index (χ4n) is 4.38. The normalized spacial score (nSPS) is 21.5. The number of pyridine rings is 1. The van der Waals surface area contributed by atoms with Crippen LogP contribution in [0.25, 0.3) is 0 Å². The number of halogens is 3. The molecule has 1 saturated carbocycles. The van der Waals surface area contributed by atoms with Crippen LogP contribution >= 0.6 is 0 Å². The number of ether oxygens (including phenoxy) is 2. The number of imide groups is 1. The zero-order valence-corrected chi connectivity index (χ0v) is 18.5. The molecule has 2 unspecified atom stereocenters. The predicted molar refractivity (Wildman–Crippen MR) is 120 cm³/mol. The van der Waals surface area contributed by atoms with E-state index in [0.717, 1.165) is 22.6 Å². The van der Waals surface area contributed by atoms with Gasteiger partial charge >= 0.3 is 12.4 Å². The molecule has 3 aromatic rings. The number of hydrogen-bond donors (Lipinski definition) is 0. The maximum Gasteiger partial charge on any atom is 0.573 e. The first kappa shape index (κ1) is 22.7. The maximum absolute atomic E-state index is 13.5. The molecular weight excluding hydrogens is 463 g/mol. The van der Waals surface area contributed by atoms with Gasteiger partial charge in [-0.05, 0) is 48.2 Å². The molecule has 0 N–H and O–H groups in total. The van der Waals surface area contributed by atoms with Crippen molar-refractivity contribution in [3.05, 3.63) is 78.5 Å². The molecule has 1 aliphatic heterocycles. The second-order valence-electron chi connectivity index (χ2n) is 8.46. The minimum absolute atomic E-state index is 0.0985. The van der Waals surface area contributed by atoms with Gasteiger partial charge in [0.15, 0.2) is 0 Å². The number of alkyl halides is 3. The highest BCUT2D eigenvalue weighted by Crippen LogP contribution is 2.55. The summed E-state index contributed by atoms with van der Waals surface area (Å²) in [6, 6.07) is 16.8. The highest BCUT2D eigenvalue weighted by atomic mass is 19.4. The number of urea groups is 1. The van der Waals surface area contributed by atoms with Crippen LogP contribution in [0.3, 0.4) is 0 Å². The van der Waals surface area contributed by atoms with Gasteiger partial charge in [0.2, 0.25) is 5.88 Å². The number of anilines is 2. The van der Waals surface area contributed by atoms with E-state index in [-0.39, 0.29) is 18.2 Å². The second-order valence-corrected chi connectivity index (χ2v) is 8.46. The summed E-state index contributed by atoms with van der Waals surface area (Å²) in [7, 11) is 0. The van der Waals surface area contributed by atoms with E-state index in [2.05, 4.69) is 9.72 Å². The zero-order chi connectivity index (χ0) is 24.8. The van der Waals surface area contributed by atoms with Gasteiger partial charge in [0.25, 0.3) is 5.91 Å². The summed E-state index contributed by atoms with van der Waals surface area (Å²) in [5, 5.41) is 0. The lowest BCUT2D eigenvalue weighted by molar-refractivity contribution is -0.274. The van der Waals surface area contributed by atoms with Crippen LogP contribution < -0.4 is 19.3 Å². The summed E-state index contributed by atoms with van der Waals surface area (Å²) in [6.45, 7) is 2.15. The lowest BCUT2D eigenvalue weighted by Gasteiger charge is -2.22. The fraction of sp³-hybridized carbons (Fsp3) is 0.240. The molecule has 5 rings (SSSR count). The standard InChI is InChI=1S/C25H20F3N3O4/c1-16-14-24(16)22(32)30(18-7-9-20(10-8-18)35-25(26,27)28)23(33)31(24)19-11-12-29-21(13-19)34-15-17-5-3-2-4-6-17/h2-13,16H,14-15H2,1H3. The van der Waals surface area contributed by atoms with Crippen molar-refractivity contribution < 1.29 is 32.2 Å². The van der Waals surface area contributed by atoms with Crippen molar-refractivity contribution in [3.63, 3.8) is 0 Å². The average molecular weight is 483 g/mol. The third-order valence-electron chi connectivity index (χ3n) is 6.16. The van der Waals surface area contributed by atoms with Crippen molar-refractivity contribution in [3.8, 4) is 11.6 Å². The smallest absolute Gasteiger partial charge is 0.473 e. The van der Waals surface area contributed by atoms with Gasteiger partial charge in [0.05, 0.1) is 11.4 Å². The van der Waals surface area contributed by atoms with Crippen LogP contribution in [-0.4, -0.2) is 28.8 Å². The first-order valence-electron chi connectivity index (χ1n) is 10.9. The Morgan fingerprint density at radius 3 is 2.34 bits per heavy atom. The molecule has 180 valence electrons. The van der Waals surface area contributed by atoms with Crippen molar-refractivity contribution in [2.24, 2.45) is 5.92 Å². The number of carbonyl (C=O) groups is 2. The highest BCUT2D eigenvalue weighted by Gasteiger charge is 2.70. The topological polar surface area (TPSA) is 72.0 Å². The van der Waals surface area contributed by atoms with Crippen LogP contribution in [0.15, 0.2) is 72.9 Å². The quantitative estimate of drug-likeness (QED) is 0.445. The summed E-state index contributed by atoms with van der Waals surface area (Å²) in [6.07, 6.45) is -2.88. The van der Waals surface area contributed by atoms with Gasteiger partial charge in [-0.1, -0.05) is 37.3 Å². The van der Waals surface area contributed by atoms with Crippen LogP contribution in [0.2, 0.25) is 0 Å². The van der Waals surface area contributed by atoms with E-state index in [1.54, 1.807) is 12.1 Å². The van der Waals surface area contributed by atoms with Crippen molar-refractivity contribution in [2.75, 3.05) is 9.80 Å². The molecule has 2 heterocycles. The number of hydrogen-bond acceptors (Lipinski definition) is 5. The Hall–Kier alpha value is -4.08. The minimum atomic E-state index is -4.84. The van der Waals surface area contributed by atoms with Crippen LogP contribution in [0.1, 0.15) is 18.9 Å². The van der Waals surface area contributed by atoms with Crippen LogP contribution in [0, 0.1) is 5.92 Å². The number of nitrogens with zero attached hydrogens (tertiary/aromatic N) is 3. The second kappa shape index (κ2) is 8.30. The van der Waals surface area contributed by atoms with E-state index in [1.165, 1.54) is 23.2 Å². The Morgan fingerprint density at radius 1 is 1.03 bits per heavy atom. The average Bonchev–Trinajstić information content (AvgIpc) is 3.44. The molecule has 10 heteroatoms. The largest absolute Gasteiger partial charge is 0.573 e. The third-order valence-corrected chi connectivity index (χ3v) is 6.16. The van der Waals surface area contributed by atoms with Crippen molar-refractivity contribution >= 4 is 23.3 Å². The Morgan fingerprint density at radius 2 is 1.71 bits per heavy atom. The monoisotopic (exact) mass is 483 g/mol. The number of benzene rings is 2. The Bertz CT molecular complexity index is 1270. The van der Waals surface area contributed by atoms with Crippen LogP contribution in [-0.2, 0) is 11.4 Å². The van der Waals surface area contributed by atoms with Gasteiger partial charge in [0, 0.05) is 12.3 Å². The van der Waals surface area contributed by atoms with E-state index in [9.17, 15) is 22.8 Å². The van der Waals surface area contributed by atoms with E-state index >= 15 is 0 Å². The fourth-order valence-corrected chi connectivity index (χ4v) is 4.38. The van der Waals surface area contributed by atoms with E-state index in [1.807, 2.05) is 37.3 Å². The van der Waals surface area contributed by atoms with Gasteiger partial charge < -0.3 is 9.47 Å². The van der Waals surface area contributed by atoms with Crippen molar-refractivity contribution in [1.82, 2.24) is 4.98 Å². The summed E-state index contributed by atoms with van der Waals surface area (Å²) >= 11 is 0. The Balaban J connectivity index is 1.41. The molecule has 2 fully saturated rings. The summed E-state index contributed by atoms with van der Waals surface area (Å²) in [5.41, 5.74) is 0.495. The Kier molecular flexibility index (Phi) is 5.38. The van der Waals surface area contributed by atoms with Crippen LogP contribution in [0.5, 0.6) is 11.6 Å². The molecule has 2 aromatic carbocycles. The predicted octanol–water partition coefficient (Wildman–Crippen LogP) is 5.31. The van der Waals surface area contributed by atoms with E-state index < -0.39 is 29.6 Å². The third kappa shape index (κ3) is 4.16. The molecule has 1 saturated heterocycles. The van der Waals surface area contributed by atoms with Crippen molar-refractivity contribution in [2.45, 2.75) is 31.9 Å². The lowest BCUT2D eigenvalue weighted by atomic mass is 10.1. The van der Waals surface area contributed by atoms with Crippen LogP contribution in [0.4, 0.5) is 29.3 Å². The molecule has 3 amide bonds. The van der Waals surface area contributed by atoms with Gasteiger partial charge in [-0.25, -0.2) is 14.7 Å². The first-order valence-corrected chi connectivity index (χ1v) is 10.9. The molecule has 7 nitrogen and oxygen atoms in total. The number of rotatable bonds is 6. The molecule has 2 aliphatic rings. The molecule has 1 aromatic heterocycles. The van der Waals surface area contributed by atoms with Gasteiger partial charge in [0.1, 0.15) is 17.9 Å². The molecule has 0 radical (unpaired) electrons. The zero-order valence-electron chi connectivity index (χ0n) is 18.5. The maximum atomic E-state index is 13.5. The van der Waals surface area contributed by atoms with E-state index in [0.29, 0.717) is 18.0 Å². The number of amides is 3. The molecule has 0 bridgehead atoms. The summed E-state index contributed by atoms with van der Waals surface area (Å²) in [4.78, 5) is 33.5.